The SMILES string of the molecule is CNC(=O)C1OC(n2cnc3c(NCc4ccc(F)c(F)c4)nc(-c4cncc(Cl)c4)nc32)C(O)C1O. The summed E-state index contributed by atoms with van der Waals surface area (Å²) in [6.07, 6.45) is -1.20. The van der Waals surface area contributed by atoms with Gasteiger partial charge in [0.1, 0.15) is 12.2 Å². The number of carbonyl (C=O) groups is 1. The van der Waals surface area contributed by atoms with Crippen molar-refractivity contribution in [3.63, 3.8) is 0 Å². The van der Waals surface area contributed by atoms with Crippen LogP contribution in [0.4, 0.5) is 14.6 Å². The molecule has 0 bridgehead atoms. The van der Waals surface area contributed by atoms with E-state index in [1.165, 1.54) is 36.4 Å². The zero-order valence-electron chi connectivity index (χ0n) is 19.1. The number of ether oxygens (including phenoxy) is 1. The number of imidazole rings is 1. The number of carbonyl (C=O) groups excluding carboxylic acids is 1. The van der Waals surface area contributed by atoms with Crippen LogP contribution in [0.1, 0.15) is 11.8 Å². The minimum Gasteiger partial charge on any atom is -0.387 e. The van der Waals surface area contributed by atoms with E-state index >= 15 is 0 Å². The van der Waals surface area contributed by atoms with E-state index in [2.05, 4.69) is 30.6 Å². The van der Waals surface area contributed by atoms with E-state index in [0.29, 0.717) is 16.1 Å². The van der Waals surface area contributed by atoms with Crippen LogP contribution in [0.15, 0.2) is 43.0 Å². The number of pyridine rings is 1. The van der Waals surface area contributed by atoms with Crippen molar-refractivity contribution in [3.8, 4) is 11.4 Å². The molecule has 1 aliphatic rings. The molecule has 0 saturated carbocycles. The molecular formula is C23H20ClF2N7O4. The molecule has 4 aromatic rings. The van der Waals surface area contributed by atoms with Crippen LogP contribution in [0.3, 0.4) is 0 Å². The molecular weight excluding hydrogens is 512 g/mol. The molecule has 0 aliphatic carbocycles. The van der Waals surface area contributed by atoms with Gasteiger partial charge in [0.25, 0.3) is 5.91 Å². The molecule has 4 heterocycles. The van der Waals surface area contributed by atoms with Crippen molar-refractivity contribution < 1.29 is 28.5 Å². The maximum atomic E-state index is 13.7. The lowest BCUT2D eigenvalue weighted by atomic mass is 10.1. The average Bonchev–Trinajstić information content (AvgIpc) is 3.44. The van der Waals surface area contributed by atoms with Crippen molar-refractivity contribution in [1.29, 1.82) is 0 Å². The fourth-order valence-electron chi connectivity index (χ4n) is 3.97. The van der Waals surface area contributed by atoms with Gasteiger partial charge in [-0.1, -0.05) is 17.7 Å². The lowest BCUT2D eigenvalue weighted by Gasteiger charge is -2.17. The lowest BCUT2D eigenvalue weighted by molar-refractivity contribution is -0.137. The second-order valence-corrected chi connectivity index (χ2v) is 8.69. The molecule has 11 nitrogen and oxygen atoms in total. The molecule has 4 atom stereocenters. The Morgan fingerprint density at radius 1 is 1.16 bits per heavy atom. The Hall–Kier alpha value is -3.78. The molecule has 3 aromatic heterocycles. The zero-order chi connectivity index (χ0) is 26.3. The monoisotopic (exact) mass is 531 g/mol. The summed E-state index contributed by atoms with van der Waals surface area (Å²) in [6, 6.07) is 5.10. The smallest absolute Gasteiger partial charge is 0.251 e. The standard InChI is InChI=1S/C23H20ClF2N7O4/c1-27-22(36)18-16(34)17(35)23(37-18)33-9-30-15-20(29-6-10-2-3-13(25)14(26)4-10)31-19(32-21(15)33)11-5-12(24)8-28-7-11/h2-5,7-9,16-18,23,34-35H,6H2,1H3,(H,27,36)(H,29,31,32). The molecule has 4 N–H and O–H groups in total. The van der Waals surface area contributed by atoms with Gasteiger partial charge >= 0.3 is 0 Å². The highest BCUT2D eigenvalue weighted by molar-refractivity contribution is 6.30. The van der Waals surface area contributed by atoms with Gasteiger partial charge in [-0.05, 0) is 23.8 Å². The normalized spacial score (nSPS) is 21.4. The number of hydrogen-bond acceptors (Lipinski definition) is 9. The first-order valence-electron chi connectivity index (χ1n) is 11.0. The number of anilines is 1. The Morgan fingerprint density at radius 3 is 2.70 bits per heavy atom. The van der Waals surface area contributed by atoms with Gasteiger partial charge in [0.05, 0.1) is 11.3 Å². The highest BCUT2D eigenvalue weighted by atomic mass is 35.5. The number of aliphatic hydroxyl groups excluding tert-OH is 2. The number of likely N-dealkylation sites (N-methyl/N-ethyl adjacent to an activating group) is 1. The second kappa shape index (κ2) is 9.94. The van der Waals surface area contributed by atoms with Crippen molar-refractivity contribution >= 4 is 34.5 Å². The lowest BCUT2D eigenvalue weighted by Crippen LogP contribution is -2.41. The Labute approximate surface area is 213 Å². The number of rotatable bonds is 6. The quantitative estimate of drug-likeness (QED) is 0.292. The number of aromatic nitrogens is 5. The molecule has 0 spiro atoms. The van der Waals surface area contributed by atoms with Gasteiger partial charge < -0.3 is 25.6 Å². The number of fused-ring (bicyclic) bond motifs is 1. The van der Waals surface area contributed by atoms with Crippen LogP contribution in [0.25, 0.3) is 22.6 Å². The van der Waals surface area contributed by atoms with Crippen LogP contribution in [0.5, 0.6) is 0 Å². The van der Waals surface area contributed by atoms with Gasteiger partial charge in [-0.15, -0.1) is 0 Å². The first kappa shape index (κ1) is 24.9. The summed E-state index contributed by atoms with van der Waals surface area (Å²) in [5.41, 5.74) is 1.37. The number of halogens is 3. The van der Waals surface area contributed by atoms with E-state index in [1.54, 1.807) is 6.07 Å². The molecule has 4 unspecified atom stereocenters. The van der Waals surface area contributed by atoms with Crippen molar-refractivity contribution in [2.75, 3.05) is 12.4 Å². The summed E-state index contributed by atoms with van der Waals surface area (Å²) in [5, 5.41) is 26.8. The fraction of sp³-hybridized carbons (Fsp3) is 0.261. The Balaban J connectivity index is 1.57. The molecule has 5 rings (SSSR count). The van der Waals surface area contributed by atoms with Crippen LogP contribution in [-0.2, 0) is 16.1 Å². The molecule has 0 radical (unpaired) electrons. The topological polar surface area (TPSA) is 147 Å². The molecule has 1 saturated heterocycles. The van der Waals surface area contributed by atoms with Gasteiger partial charge in [-0.25, -0.2) is 23.7 Å². The fourth-order valence-corrected chi connectivity index (χ4v) is 4.15. The van der Waals surface area contributed by atoms with Gasteiger partial charge in [-0.3, -0.25) is 14.3 Å². The molecule has 192 valence electrons. The highest BCUT2D eigenvalue weighted by Gasteiger charge is 2.47. The first-order valence-corrected chi connectivity index (χ1v) is 11.4. The molecule has 14 heteroatoms. The minimum absolute atomic E-state index is 0.0728. The van der Waals surface area contributed by atoms with Crippen molar-refractivity contribution in [2.24, 2.45) is 0 Å². The number of amides is 1. The predicted molar refractivity (Wildman–Crippen MR) is 127 cm³/mol. The van der Waals surface area contributed by atoms with Gasteiger partial charge in [0.2, 0.25) is 0 Å². The molecule has 1 amide bonds. The van der Waals surface area contributed by atoms with E-state index in [-0.39, 0.29) is 29.4 Å². The largest absolute Gasteiger partial charge is 0.387 e. The number of hydrogen-bond donors (Lipinski definition) is 4. The summed E-state index contributed by atoms with van der Waals surface area (Å²) in [5.74, 6) is -2.13. The van der Waals surface area contributed by atoms with Gasteiger partial charge in [0.15, 0.2) is 46.8 Å². The Bertz CT molecular complexity index is 1490. The number of aliphatic hydroxyl groups is 2. The van der Waals surface area contributed by atoms with Crippen LogP contribution < -0.4 is 10.6 Å². The summed E-state index contributed by atoms with van der Waals surface area (Å²) >= 11 is 6.09. The van der Waals surface area contributed by atoms with E-state index in [1.807, 2.05) is 0 Å². The Kier molecular flexibility index (Phi) is 6.69. The molecule has 1 aromatic carbocycles. The molecule has 1 fully saturated rings. The van der Waals surface area contributed by atoms with E-state index < -0.39 is 42.1 Å². The van der Waals surface area contributed by atoms with Crippen molar-refractivity contribution in [3.05, 3.63) is 65.2 Å². The number of nitrogens with zero attached hydrogens (tertiary/aromatic N) is 5. The second-order valence-electron chi connectivity index (χ2n) is 8.26. The molecule has 1 aliphatic heterocycles. The predicted octanol–water partition coefficient (Wildman–Crippen LogP) is 1.80. The van der Waals surface area contributed by atoms with E-state index in [0.717, 1.165) is 12.1 Å². The van der Waals surface area contributed by atoms with Crippen LogP contribution in [-0.4, -0.2) is 66.0 Å². The Morgan fingerprint density at radius 2 is 1.97 bits per heavy atom. The van der Waals surface area contributed by atoms with Crippen LogP contribution >= 0.6 is 11.6 Å². The maximum absolute atomic E-state index is 13.7. The minimum atomic E-state index is -1.49. The van der Waals surface area contributed by atoms with Crippen molar-refractivity contribution in [2.45, 2.75) is 31.1 Å². The summed E-state index contributed by atoms with van der Waals surface area (Å²) in [7, 11) is 1.38. The third-order valence-electron chi connectivity index (χ3n) is 5.85. The third kappa shape index (κ3) is 4.69. The highest BCUT2D eigenvalue weighted by Crippen LogP contribution is 2.34. The summed E-state index contributed by atoms with van der Waals surface area (Å²) in [6.45, 7) is 0.0728. The van der Waals surface area contributed by atoms with Crippen LogP contribution in [0.2, 0.25) is 5.02 Å². The van der Waals surface area contributed by atoms with E-state index in [4.69, 9.17) is 16.3 Å². The number of nitrogens with one attached hydrogen (secondary N) is 2. The van der Waals surface area contributed by atoms with Crippen molar-refractivity contribution in [1.82, 2.24) is 29.8 Å². The van der Waals surface area contributed by atoms with Gasteiger partial charge in [0, 0.05) is 31.5 Å². The van der Waals surface area contributed by atoms with Gasteiger partial charge in [-0.2, -0.15) is 0 Å². The maximum Gasteiger partial charge on any atom is 0.251 e. The first-order chi connectivity index (χ1) is 17.8. The van der Waals surface area contributed by atoms with Crippen LogP contribution in [0, 0.1) is 11.6 Å². The summed E-state index contributed by atoms with van der Waals surface area (Å²) < 4.78 is 34.1. The third-order valence-corrected chi connectivity index (χ3v) is 6.05. The van der Waals surface area contributed by atoms with E-state index in [9.17, 15) is 23.8 Å². The number of benzene rings is 1. The average molecular weight is 532 g/mol. The molecule has 37 heavy (non-hydrogen) atoms. The summed E-state index contributed by atoms with van der Waals surface area (Å²) in [4.78, 5) is 29.6. The zero-order valence-corrected chi connectivity index (χ0v) is 19.9.